The van der Waals surface area contributed by atoms with Gasteiger partial charge in [-0.05, 0) is 72.1 Å². The molecule has 0 amide bonds. The first-order valence-corrected chi connectivity index (χ1v) is 11.3. The number of fused-ring (bicyclic) bond motifs is 2. The average molecular weight is 427 g/mol. The van der Waals surface area contributed by atoms with Gasteiger partial charge in [-0.2, -0.15) is 5.10 Å². The van der Waals surface area contributed by atoms with E-state index in [2.05, 4.69) is 50.0 Å². The van der Waals surface area contributed by atoms with Crippen LogP contribution in [0.2, 0.25) is 0 Å². The van der Waals surface area contributed by atoms with E-state index in [0.29, 0.717) is 5.92 Å². The average Bonchev–Trinajstić information content (AvgIpc) is 3.49. The van der Waals surface area contributed by atoms with E-state index >= 15 is 0 Å². The first-order chi connectivity index (χ1) is 15.8. The Kier molecular flexibility index (Phi) is 4.85. The molecule has 1 aromatic carbocycles. The van der Waals surface area contributed by atoms with Crippen molar-refractivity contribution in [2.24, 2.45) is 0 Å². The predicted molar refractivity (Wildman–Crippen MR) is 124 cm³/mol. The lowest BCUT2D eigenvalue weighted by Gasteiger charge is -2.25. The van der Waals surface area contributed by atoms with Gasteiger partial charge in [0, 0.05) is 42.9 Å². The molecule has 0 unspecified atom stereocenters. The van der Waals surface area contributed by atoms with Gasteiger partial charge in [0.05, 0.1) is 12.3 Å². The second-order valence-corrected chi connectivity index (χ2v) is 8.77. The van der Waals surface area contributed by atoms with Gasteiger partial charge in [-0.25, -0.2) is 14.5 Å². The number of nitrogens with one attached hydrogen (secondary N) is 2. The summed E-state index contributed by atoms with van der Waals surface area (Å²) in [6.45, 7) is 1.64. The molecule has 4 aromatic rings. The van der Waals surface area contributed by atoms with Crippen LogP contribution in [0.3, 0.4) is 0 Å². The Morgan fingerprint density at radius 2 is 1.81 bits per heavy atom. The fourth-order valence-corrected chi connectivity index (χ4v) is 5.06. The highest BCUT2D eigenvalue weighted by Gasteiger charge is 2.23. The Hall–Kier alpha value is -3.29. The second-order valence-electron chi connectivity index (χ2n) is 8.77. The number of benzene rings is 1. The first kappa shape index (κ1) is 19.4. The van der Waals surface area contributed by atoms with Gasteiger partial charge in [-0.15, -0.1) is 0 Å². The van der Waals surface area contributed by atoms with Crippen LogP contribution in [0.15, 0.2) is 55.1 Å². The maximum atomic E-state index is 9.75. The fourth-order valence-electron chi connectivity index (χ4n) is 5.06. The molecule has 162 valence electrons. The number of hydrogen-bond acceptors (Lipinski definition) is 6. The third kappa shape index (κ3) is 3.43. The summed E-state index contributed by atoms with van der Waals surface area (Å²) < 4.78 is 1.81. The van der Waals surface area contributed by atoms with E-state index in [-0.39, 0.29) is 6.10 Å². The summed E-state index contributed by atoms with van der Waals surface area (Å²) in [6, 6.07) is 10.4. The number of anilines is 2. The molecule has 0 saturated heterocycles. The van der Waals surface area contributed by atoms with E-state index in [1.807, 2.05) is 29.2 Å². The molecule has 0 radical (unpaired) electrons. The number of aromatic nitrogens is 4. The third-order valence-corrected chi connectivity index (χ3v) is 6.82. The zero-order valence-electron chi connectivity index (χ0n) is 17.8. The van der Waals surface area contributed by atoms with Crippen molar-refractivity contribution in [3.8, 4) is 11.1 Å². The van der Waals surface area contributed by atoms with Crippen LogP contribution in [-0.4, -0.2) is 30.8 Å². The van der Waals surface area contributed by atoms with Crippen LogP contribution < -0.4 is 10.6 Å². The van der Waals surface area contributed by atoms with Gasteiger partial charge in [-0.3, -0.25) is 0 Å². The van der Waals surface area contributed by atoms with Gasteiger partial charge < -0.3 is 15.7 Å². The van der Waals surface area contributed by atoms with E-state index in [4.69, 9.17) is 0 Å². The number of aliphatic hydroxyl groups is 1. The molecule has 0 atom stereocenters. The lowest BCUT2D eigenvalue weighted by Crippen LogP contribution is -2.17. The summed E-state index contributed by atoms with van der Waals surface area (Å²) in [5.74, 6) is 1.36. The van der Waals surface area contributed by atoms with E-state index in [9.17, 15) is 5.11 Å². The molecular formula is C25H26N6O. The van der Waals surface area contributed by atoms with Crippen molar-refractivity contribution in [3.05, 3.63) is 71.8 Å². The molecule has 1 aliphatic heterocycles. The van der Waals surface area contributed by atoms with Gasteiger partial charge >= 0.3 is 0 Å². The molecule has 7 nitrogen and oxygen atoms in total. The molecule has 1 aliphatic carbocycles. The van der Waals surface area contributed by atoms with Gasteiger partial charge in [0.25, 0.3) is 0 Å². The van der Waals surface area contributed by atoms with Crippen molar-refractivity contribution < 1.29 is 5.11 Å². The van der Waals surface area contributed by atoms with Crippen LogP contribution >= 0.6 is 0 Å². The van der Waals surface area contributed by atoms with Crippen LogP contribution in [0, 0.1) is 0 Å². The maximum Gasteiger partial charge on any atom is 0.162 e. The smallest absolute Gasteiger partial charge is 0.162 e. The summed E-state index contributed by atoms with van der Waals surface area (Å²) in [6.07, 6.45) is 11.3. The molecule has 0 bridgehead atoms. The summed E-state index contributed by atoms with van der Waals surface area (Å²) >= 11 is 0. The third-order valence-electron chi connectivity index (χ3n) is 6.82. The molecule has 1 saturated carbocycles. The lowest BCUT2D eigenvalue weighted by molar-refractivity contribution is 0.122. The Morgan fingerprint density at radius 1 is 0.938 bits per heavy atom. The minimum absolute atomic E-state index is 0.129. The van der Waals surface area contributed by atoms with E-state index in [1.165, 1.54) is 22.3 Å². The zero-order valence-corrected chi connectivity index (χ0v) is 17.8. The second kappa shape index (κ2) is 8.00. The summed E-state index contributed by atoms with van der Waals surface area (Å²) in [5, 5.41) is 21.2. The lowest BCUT2D eigenvalue weighted by atomic mass is 9.83. The van der Waals surface area contributed by atoms with Gasteiger partial charge in [0.2, 0.25) is 0 Å². The summed E-state index contributed by atoms with van der Waals surface area (Å²) in [5.41, 5.74) is 8.00. The predicted octanol–water partition coefficient (Wildman–Crippen LogP) is 4.16. The van der Waals surface area contributed by atoms with Crippen molar-refractivity contribution in [2.75, 3.05) is 5.32 Å². The number of hydrogen-bond donors (Lipinski definition) is 3. The zero-order chi connectivity index (χ0) is 21.5. The van der Waals surface area contributed by atoms with E-state index in [1.54, 1.807) is 6.20 Å². The molecular weight excluding hydrogens is 400 g/mol. The van der Waals surface area contributed by atoms with E-state index in [0.717, 1.165) is 61.5 Å². The number of rotatable bonds is 4. The van der Waals surface area contributed by atoms with Crippen molar-refractivity contribution in [3.63, 3.8) is 0 Å². The Balaban J connectivity index is 1.27. The highest BCUT2D eigenvalue weighted by molar-refractivity contribution is 5.83. The topological polar surface area (TPSA) is 87.4 Å². The molecule has 2 aliphatic rings. The Bertz CT molecular complexity index is 1260. The highest BCUT2D eigenvalue weighted by Crippen LogP contribution is 2.37. The van der Waals surface area contributed by atoms with Crippen LogP contribution in [0.4, 0.5) is 11.5 Å². The molecule has 0 spiro atoms. The van der Waals surface area contributed by atoms with E-state index < -0.39 is 0 Å². The maximum absolute atomic E-state index is 9.75. The molecule has 32 heavy (non-hydrogen) atoms. The quantitative estimate of drug-likeness (QED) is 0.454. The first-order valence-electron chi connectivity index (χ1n) is 11.3. The molecule has 6 rings (SSSR count). The Morgan fingerprint density at radius 3 is 2.66 bits per heavy atom. The summed E-state index contributed by atoms with van der Waals surface area (Å²) in [7, 11) is 0. The van der Waals surface area contributed by atoms with Crippen LogP contribution in [0.1, 0.15) is 48.3 Å². The number of pyridine rings is 1. The monoisotopic (exact) mass is 426 g/mol. The molecule has 1 fully saturated rings. The highest BCUT2D eigenvalue weighted by atomic mass is 16.3. The van der Waals surface area contributed by atoms with Gasteiger partial charge in [0.1, 0.15) is 5.82 Å². The van der Waals surface area contributed by atoms with Gasteiger partial charge in [-0.1, -0.05) is 12.1 Å². The largest absolute Gasteiger partial charge is 0.393 e. The van der Waals surface area contributed by atoms with Crippen LogP contribution in [0.25, 0.3) is 16.8 Å². The van der Waals surface area contributed by atoms with Crippen LogP contribution in [-0.2, 0) is 13.1 Å². The van der Waals surface area contributed by atoms with Gasteiger partial charge in [0.15, 0.2) is 5.65 Å². The van der Waals surface area contributed by atoms with Crippen molar-refractivity contribution in [2.45, 2.75) is 50.8 Å². The van der Waals surface area contributed by atoms with Crippen LogP contribution in [0.5, 0.6) is 0 Å². The van der Waals surface area contributed by atoms with Crippen molar-refractivity contribution in [1.29, 1.82) is 0 Å². The normalized spacial score (nSPS) is 20.4. The van der Waals surface area contributed by atoms with Crippen molar-refractivity contribution in [1.82, 2.24) is 24.9 Å². The molecule has 7 heteroatoms. The minimum atomic E-state index is -0.129. The Labute approximate surface area is 186 Å². The standard InChI is InChI=1S/C25H26N6O/c32-18-5-2-16(3-6-18)17-4-9-24(28-12-17)30-23-8-7-19(20-13-26-14-21(20)23)22-15-29-31-11-1-10-27-25(22)31/h1,4,7-12,15-16,18,26,32H,2-3,5-6,13-14H2,(H,28,30). The van der Waals surface area contributed by atoms with Crippen molar-refractivity contribution >= 4 is 17.2 Å². The fraction of sp³-hybridized carbons (Fsp3) is 0.320. The number of aliphatic hydroxyl groups excluding tert-OH is 1. The minimum Gasteiger partial charge on any atom is -0.393 e. The SMILES string of the molecule is OC1CCC(c2ccc(Nc3ccc(-c4cnn5cccnc45)c4c3CNC4)nc2)CC1. The summed E-state index contributed by atoms with van der Waals surface area (Å²) in [4.78, 5) is 9.21. The molecule has 3 N–H and O–H groups in total. The molecule has 3 aromatic heterocycles. The molecule has 4 heterocycles. The number of nitrogens with zero attached hydrogens (tertiary/aromatic N) is 4.